The van der Waals surface area contributed by atoms with Crippen LogP contribution < -0.4 is 19.7 Å². The van der Waals surface area contributed by atoms with Crippen LogP contribution in [0.15, 0.2) is 78.9 Å². The fraction of sp³-hybridized carbons (Fsp3) is 0.400. The summed E-state index contributed by atoms with van der Waals surface area (Å²) < 4.78 is 10.8. The summed E-state index contributed by atoms with van der Waals surface area (Å²) in [4.78, 5) is 33.0. The molecule has 2 heterocycles. The van der Waals surface area contributed by atoms with Gasteiger partial charge in [-0.15, -0.1) is 0 Å². The molecular formula is C35H42N4O4S. The maximum Gasteiger partial charge on any atom is 0.256 e. The minimum atomic E-state index is -0.677. The molecule has 0 spiro atoms. The minimum absolute atomic E-state index is 0.00369. The number of amides is 2. The lowest BCUT2D eigenvalue weighted by Gasteiger charge is -2.33. The van der Waals surface area contributed by atoms with Crippen LogP contribution in [0.4, 0.5) is 11.4 Å². The molecule has 0 unspecified atom stereocenters. The zero-order valence-electron chi connectivity index (χ0n) is 25.6. The molecule has 44 heavy (non-hydrogen) atoms. The van der Waals surface area contributed by atoms with Gasteiger partial charge in [-0.05, 0) is 124 Å². The number of hydrogen-bond acceptors (Lipinski definition) is 6. The number of piperidine rings is 1. The van der Waals surface area contributed by atoms with Gasteiger partial charge in [0.05, 0.1) is 25.8 Å². The molecule has 2 saturated heterocycles. The molecule has 0 bridgehead atoms. The molecule has 9 heteroatoms. The van der Waals surface area contributed by atoms with Crippen molar-refractivity contribution in [1.29, 1.82) is 0 Å². The van der Waals surface area contributed by atoms with Gasteiger partial charge in [-0.2, -0.15) is 0 Å². The van der Waals surface area contributed by atoms with Crippen LogP contribution in [-0.4, -0.2) is 72.7 Å². The summed E-state index contributed by atoms with van der Waals surface area (Å²) in [6.07, 6.45) is 4.37. The summed E-state index contributed by atoms with van der Waals surface area (Å²) in [5, 5.41) is 3.36. The Balaban J connectivity index is 1.20. The second-order valence-electron chi connectivity index (χ2n) is 11.4. The molecule has 3 aromatic rings. The topological polar surface area (TPSA) is 74.3 Å². The van der Waals surface area contributed by atoms with Gasteiger partial charge in [0.2, 0.25) is 5.91 Å². The maximum atomic E-state index is 13.8. The largest absolute Gasteiger partial charge is 0.497 e. The van der Waals surface area contributed by atoms with Gasteiger partial charge in [-0.3, -0.25) is 14.5 Å². The van der Waals surface area contributed by atoms with Crippen LogP contribution in [0.1, 0.15) is 38.2 Å². The summed E-state index contributed by atoms with van der Waals surface area (Å²) in [5.74, 6) is 1.72. The molecule has 1 atom stereocenters. The highest BCUT2D eigenvalue weighted by atomic mass is 32.1. The number of nitrogens with one attached hydrogen (secondary N) is 1. The van der Waals surface area contributed by atoms with E-state index < -0.39 is 6.04 Å². The number of likely N-dealkylation sites (tertiary alicyclic amines) is 1. The van der Waals surface area contributed by atoms with Crippen LogP contribution >= 0.6 is 12.2 Å². The number of hydrogen-bond donors (Lipinski definition) is 1. The summed E-state index contributed by atoms with van der Waals surface area (Å²) in [5.41, 5.74) is 2.73. The average Bonchev–Trinajstić information content (AvgIpc) is 3.27. The van der Waals surface area contributed by atoms with Crippen LogP contribution in [0.2, 0.25) is 0 Å². The highest BCUT2D eigenvalue weighted by molar-refractivity contribution is 7.80. The van der Waals surface area contributed by atoms with Crippen molar-refractivity contribution in [3.8, 4) is 11.5 Å². The molecule has 232 valence electrons. The van der Waals surface area contributed by atoms with Crippen LogP contribution in [0.25, 0.3) is 0 Å². The lowest BCUT2D eigenvalue weighted by atomic mass is 9.90. The Morgan fingerprint density at radius 1 is 0.932 bits per heavy atom. The highest BCUT2D eigenvalue weighted by Crippen LogP contribution is 2.29. The van der Waals surface area contributed by atoms with E-state index in [4.69, 9.17) is 21.7 Å². The van der Waals surface area contributed by atoms with E-state index in [1.165, 1.54) is 18.4 Å². The van der Waals surface area contributed by atoms with Gasteiger partial charge >= 0.3 is 0 Å². The molecule has 2 amide bonds. The third kappa shape index (κ3) is 7.95. The molecule has 0 radical (unpaired) electrons. The van der Waals surface area contributed by atoms with Crippen LogP contribution in [0, 0.1) is 5.92 Å². The van der Waals surface area contributed by atoms with Crippen molar-refractivity contribution in [2.24, 2.45) is 5.92 Å². The first-order valence-electron chi connectivity index (χ1n) is 15.5. The van der Waals surface area contributed by atoms with E-state index in [1.807, 2.05) is 48.2 Å². The summed E-state index contributed by atoms with van der Waals surface area (Å²) >= 11 is 5.87. The number of rotatable bonds is 13. The zero-order valence-corrected chi connectivity index (χ0v) is 26.4. The Kier molecular flexibility index (Phi) is 10.9. The van der Waals surface area contributed by atoms with Crippen molar-refractivity contribution >= 4 is 40.5 Å². The normalized spacial score (nSPS) is 17.6. The maximum absolute atomic E-state index is 13.8. The van der Waals surface area contributed by atoms with Crippen molar-refractivity contribution in [1.82, 2.24) is 9.80 Å². The molecule has 2 fully saturated rings. The van der Waals surface area contributed by atoms with Gasteiger partial charge in [0.25, 0.3) is 5.91 Å². The SMILES string of the molecule is CCOc1ccc(NC(=O)C[C@@H]2C(=O)N(c3ccc(OC)cc3)C(=S)N2CCCN2CCC(Cc3ccccc3)CC2)cc1. The van der Waals surface area contributed by atoms with E-state index in [-0.39, 0.29) is 18.2 Å². The van der Waals surface area contributed by atoms with Gasteiger partial charge in [0, 0.05) is 12.2 Å². The van der Waals surface area contributed by atoms with Crippen molar-refractivity contribution in [3.63, 3.8) is 0 Å². The standard InChI is InChI=1S/C35H42N4O4S/c1-3-43-31-14-10-28(11-15-31)36-33(40)25-32-34(41)39(29-12-16-30(42-2)17-13-29)35(44)38(32)21-7-20-37-22-18-27(19-23-37)24-26-8-5-4-6-9-26/h4-6,8-17,27,32H,3,7,18-25H2,1-2H3,(H,36,40)/t32-/m1/s1. The van der Waals surface area contributed by atoms with Crippen molar-refractivity contribution in [3.05, 3.63) is 84.4 Å². The number of benzene rings is 3. The van der Waals surface area contributed by atoms with E-state index in [9.17, 15) is 9.59 Å². The van der Waals surface area contributed by atoms with Gasteiger partial charge in [0.1, 0.15) is 17.5 Å². The molecule has 0 saturated carbocycles. The second kappa shape index (κ2) is 15.2. The summed E-state index contributed by atoms with van der Waals surface area (Å²) in [6, 6.07) is 24.6. The van der Waals surface area contributed by atoms with Gasteiger partial charge < -0.3 is 24.6 Å². The Hall–Kier alpha value is -3.95. The molecule has 5 rings (SSSR count). The number of carbonyl (C=O) groups excluding carboxylic acids is 2. The summed E-state index contributed by atoms with van der Waals surface area (Å²) in [7, 11) is 1.60. The molecule has 2 aliphatic heterocycles. The number of carbonyl (C=O) groups is 2. The first-order valence-corrected chi connectivity index (χ1v) is 15.9. The Labute approximate surface area is 265 Å². The average molecular weight is 615 g/mol. The molecule has 2 aliphatic rings. The quantitative estimate of drug-likeness (QED) is 0.245. The lowest BCUT2D eigenvalue weighted by molar-refractivity contribution is -0.124. The number of thiocarbonyl (C=S) groups is 1. The Bertz CT molecular complexity index is 1390. The van der Waals surface area contributed by atoms with E-state index in [0.29, 0.717) is 41.3 Å². The van der Waals surface area contributed by atoms with Crippen LogP contribution in [0.5, 0.6) is 11.5 Å². The molecule has 0 aromatic heterocycles. The molecule has 8 nitrogen and oxygen atoms in total. The van der Waals surface area contributed by atoms with E-state index in [1.54, 1.807) is 24.1 Å². The van der Waals surface area contributed by atoms with E-state index >= 15 is 0 Å². The number of anilines is 2. The third-order valence-corrected chi connectivity index (χ3v) is 8.84. The van der Waals surface area contributed by atoms with Gasteiger partial charge in [0.15, 0.2) is 5.11 Å². The number of nitrogens with zero attached hydrogens (tertiary/aromatic N) is 3. The molecule has 3 aromatic carbocycles. The van der Waals surface area contributed by atoms with E-state index in [2.05, 4.69) is 40.5 Å². The molecule has 0 aliphatic carbocycles. The first-order chi connectivity index (χ1) is 21.4. The second-order valence-corrected chi connectivity index (χ2v) is 11.8. The van der Waals surface area contributed by atoms with Gasteiger partial charge in [-0.1, -0.05) is 30.3 Å². The van der Waals surface area contributed by atoms with Crippen molar-refractivity contribution in [2.75, 3.05) is 50.1 Å². The predicted molar refractivity (Wildman–Crippen MR) is 178 cm³/mol. The van der Waals surface area contributed by atoms with E-state index in [0.717, 1.165) is 38.2 Å². The monoisotopic (exact) mass is 614 g/mol. The van der Waals surface area contributed by atoms with Gasteiger partial charge in [-0.25, -0.2) is 0 Å². The summed E-state index contributed by atoms with van der Waals surface area (Å²) in [6.45, 7) is 6.18. The predicted octanol–water partition coefficient (Wildman–Crippen LogP) is 5.77. The third-order valence-electron chi connectivity index (χ3n) is 8.42. The smallest absolute Gasteiger partial charge is 0.256 e. The number of ether oxygens (including phenoxy) is 2. The van der Waals surface area contributed by atoms with Crippen LogP contribution in [0.3, 0.4) is 0 Å². The fourth-order valence-electron chi connectivity index (χ4n) is 6.07. The molecule has 1 N–H and O–H groups in total. The Morgan fingerprint density at radius 3 is 2.27 bits per heavy atom. The van der Waals surface area contributed by atoms with Crippen molar-refractivity contribution in [2.45, 2.75) is 45.1 Å². The van der Waals surface area contributed by atoms with Crippen molar-refractivity contribution < 1.29 is 19.1 Å². The molecular weight excluding hydrogens is 572 g/mol. The lowest BCUT2D eigenvalue weighted by Crippen LogP contribution is -2.40. The van der Waals surface area contributed by atoms with Crippen LogP contribution in [-0.2, 0) is 16.0 Å². The highest BCUT2D eigenvalue weighted by Gasteiger charge is 2.44. The minimum Gasteiger partial charge on any atom is -0.497 e. The fourth-order valence-corrected chi connectivity index (χ4v) is 6.49. The number of methoxy groups -OCH3 is 1. The first kappa shape index (κ1) is 31.5. The Morgan fingerprint density at radius 2 is 1.61 bits per heavy atom. The zero-order chi connectivity index (χ0) is 30.9.